The molecule has 0 N–H and O–H groups in total. The standard InChI is InChI=1S/C67H33F6N7/c1-77-58-17-9-7-15-51(58)41-21-25-62-56(31-41)57-32-42(52-16-8-10-18-59(52)78-2)22-26-63(57)80(62)65-33-46(38-76)64(35-53(65)45-27-47(66(68,69)70)34-48(28-45)67(71,72)73)79-60-23-19-39(49-13-5-3-11-43(49)36-74)29-54(60)55-30-40(20-24-61(55)79)50-14-6-4-12-44(50)37-75/h3-35H. The number of hydrogen-bond donors (Lipinski definition) is 0. The minimum atomic E-state index is -5.22. The van der Waals surface area contributed by atoms with Gasteiger partial charge in [-0.05, 0) is 141 Å². The summed E-state index contributed by atoms with van der Waals surface area (Å²) >= 11 is 0. The van der Waals surface area contributed by atoms with Crippen LogP contribution in [0.25, 0.3) is 120 Å². The summed E-state index contributed by atoms with van der Waals surface area (Å²) in [5.41, 5.74) is 5.26. The van der Waals surface area contributed by atoms with Gasteiger partial charge in [-0.15, -0.1) is 0 Å². The molecule has 0 spiro atoms. The fourth-order valence-corrected chi connectivity index (χ4v) is 10.9. The van der Waals surface area contributed by atoms with Crippen molar-refractivity contribution < 1.29 is 26.3 Å². The van der Waals surface area contributed by atoms with Crippen molar-refractivity contribution in [2.24, 2.45) is 0 Å². The Kier molecular flexibility index (Phi) is 11.9. The van der Waals surface area contributed by atoms with Crippen LogP contribution in [-0.4, -0.2) is 9.13 Å². The topological polar surface area (TPSA) is 89.9 Å². The van der Waals surface area contributed by atoms with Crippen LogP contribution in [0.4, 0.5) is 37.7 Å². The van der Waals surface area contributed by atoms with Crippen LogP contribution in [0.15, 0.2) is 200 Å². The van der Waals surface area contributed by atoms with Gasteiger partial charge >= 0.3 is 12.4 Å². The lowest BCUT2D eigenvalue weighted by molar-refractivity contribution is -0.143. The highest BCUT2D eigenvalue weighted by atomic mass is 19.4. The second kappa shape index (κ2) is 19.1. The molecular formula is C67H33F6N7. The summed E-state index contributed by atoms with van der Waals surface area (Å²) in [5, 5.41) is 34.1. The summed E-state index contributed by atoms with van der Waals surface area (Å²) in [4.78, 5) is 7.49. The van der Waals surface area contributed by atoms with Crippen LogP contribution in [0, 0.1) is 47.1 Å². The first-order valence-electron chi connectivity index (χ1n) is 24.7. The summed E-state index contributed by atoms with van der Waals surface area (Å²) in [5.74, 6) is 0. The van der Waals surface area contributed by atoms with Gasteiger partial charge in [0.05, 0.1) is 86.5 Å². The van der Waals surface area contributed by atoms with Gasteiger partial charge in [-0.1, -0.05) is 109 Å². The first-order valence-corrected chi connectivity index (χ1v) is 24.7. The van der Waals surface area contributed by atoms with E-state index in [4.69, 9.17) is 13.1 Å². The van der Waals surface area contributed by atoms with Gasteiger partial charge in [0.1, 0.15) is 6.07 Å². The molecule has 0 aliphatic rings. The third-order valence-corrected chi connectivity index (χ3v) is 14.5. The predicted octanol–water partition coefficient (Wildman–Crippen LogP) is 19.0. The van der Waals surface area contributed by atoms with E-state index in [1.165, 1.54) is 12.1 Å². The summed E-state index contributed by atoms with van der Waals surface area (Å²) in [7, 11) is 0. The number of fused-ring (bicyclic) bond motifs is 6. The van der Waals surface area contributed by atoms with Crippen molar-refractivity contribution in [3.63, 3.8) is 0 Å². The SMILES string of the molecule is [C-]#[N+]c1ccccc1-c1ccc2c(c1)c1cc(-c3ccccc3[N+]#[C-])ccc1n2-c1cc(C#N)c(-n2c3ccc(-c4ccccc4C#N)cc3c3cc(-c4ccccc4C#N)ccc32)cc1-c1cc(C(F)(F)F)cc(C(F)(F)F)c1. The van der Waals surface area contributed by atoms with Gasteiger partial charge in [-0.3, -0.25) is 0 Å². The minimum absolute atomic E-state index is 0.00332. The van der Waals surface area contributed by atoms with Crippen LogP contribution in [0.5, 0.6) is 0 Å². The van der Waals surface area contributed by atoms with E-state index in [0.717, 1.165) is 0 Å². The summed E-state index contributed by atoms with van der Waals surface area (Å²) in [6.07, 6.45) is -10.4. The zero-order valence-corrected chi connectivity index (χ0v) is 41.5. The molecule has 0 saturated carbocycles. The van der Waals surface area contributed by atoms with E-state index in [1.807, 2.05) is 36.4 Å². The molecule has 80 heavy (non-hydrogen) atoms. The molecule has 2 aromatic heterocycles. The molecule has 2 heterocycles. The third kappa shape index (κ3) is 8.30. The Morgan fingerprint density at radius 2 is 0.688 bits per heavy atom. The van der Waals surface area contributed by atoms with Crippen LogP contribution in [0.1, 0.15) is 27.8 Å². The lowest BCUT2D eigenvalue weighted by atomic mass is 9.95. The van der Waals surface area contributed by atoms with Crippen molar-refractivity contribution in [2.75, 3.05) is 0 Å². The monoisotopic (exact) mass is 1050 g/mol. The number of halogens is 6. The quantitative estimate of drug-likeness (QED) is 0.118. The second-order valence-electron chi connectivity index (χ2n) is 19.0. The van der Waals surface area contributed by atoms with E-state index < -0.39 is 29.0 Å². The molecular weight excluding hydrogens is 1020 g/mol. The predicted molar refractivity (Wildman–Crippen MR) is 299 cm³/mol. The number of aromatic nitrogens is 2. The Bertz CT molecular complexity index is 4570. The Balaban J connectivity index is 1.21. The summed E-state index contributed by atoms with van der Waals surface area (Å²) in [6.45, 7) is 15.9. The van der Waals surface area contributed by atoms with Gasteiger partial charge in [-0.2, -0.15) is 42.1 Å². The van der Waals surface area contributed by atoms with Gasteiger partial charge in [0.2, 0.25) is 0 Å². The van der Waals surface area contributed by atoms with E-state index >= 15 is 0 Å². The van der Waals surface area contributed by atoms with E-state index in [1.54, 1.807) is 143 Å². The number of benzene rings is 10. The maximum absolute atomic E-state index is 15.0. The van der Waals surface area contributed by atoms with Gasteiger partial charge in [0, 0.05) is 27.1 Å². The number of rotatable bonds is 7. The molecule has 0 aliphatic heterocycles. The Labute approximate surface area is 452 Å². The largest absolute Gasteiger partial charge is 0.416 e. The first-order chi connectivity index (χ1) is 38.7. The molecule has 0 unspecified atom stereocenters. The zero-order chi connectivity index (χ0) is 55.6. The van der Waals surface area contributed by atoms with Crippen LogP contribution < -0.4 is 0 Å². The maximum Gasteiger partial charge on any atom is 0.416 e. The fraction of sp³-hybridized carbons (Fsp3) is 0.0299. The van der Waals surface area contributed by atoms with Crippen molar-refractivity contribution in [3.05, 3.63) is 251 Å². The molecule has 10 aromatic carbocycles. The molecule has 0 radical (unpaired) electrons. The number of hydrogen-bond acceptors (Lipinski definition) is 3. The lowest BCUT2D eigenvalue weighted by Crippen LogP contribution is -2.11. The van der Waals surface area contributed by atoms with Gasteiger partial charge in [0.15, 0.2) is 11.4 Å². The van der Waals surface area contributed by atoms with Crippen molar-refractivity contribution >= 4 is 55.0 Å². The molecule has 0 aliphatic carbocycles. The van der Waals surface area contributed by atoms with Crippen LogP contribution in [0.3, 0.4) is 0 Å². The molecule has 7 nitrogen and oxygen atoms in total. The smallest absolute Gasteiger partial charge is 0.309 e. The van der Waals surface area contributed by atoms with Crippen LogP contribution >= 0.6 is 0 Å². The van der Waals surface area contributed by atoms with Crippen LogP contribution in [-0.2, 0) is 12.4 Å². The molecule has 0 atom stereocenters. The summed E-state index contributed by atoms with van der Waals surface area (Å²) < 4.78 is 93.4. The van der Waals surface area contributed by atoms with Crippen molar-refractivity contribution in [1.29, 1.82) is 15.8 Å². The first kappa shape index (κ1) is 49.7. The number of nitrogens with zero attached hydrogens (tertiary/aromatic N) is 7. The molecule has 0 amide bonds. The van der Waals surface area contributed by atoms with E-state index in [9.17, 15) is 42.1 Å². The molecule has 0 saturated heterocycles. The molecule has 0 fully saturated rings. The molecule has 378 valence electrons. The van der Waals surface area contributed by atoms with Gasteiger partial charge in [-0.25, -0.2) is 9.69 Å². The average molecular weight is 1050 g/mol. The number of para-hydroxylation sites is 2. The second-order valence-corrected chi connectivity index (χ2v) is 19.0. The molecule has 13 heteroatoms. The molecule has 12 rings (SSSR count). The molecule has 12 aromatic rings. The number of nitriles is 3. The van der Waals surface area contributed by atoms with E-state index in [0.29, 0.717) is 123 Å². The zero-order valence-electron chi connectivity index (χ0n) is 41.5. The van der Waals surface area contributed by atoms with Crippen molar-refractivity contribution in [2.45, 2.75) is 12.4 Å². The van der Waals surface area contributed by atoms with Gasteiger partial charge < -0.3 is 9.13 Å². The molecule has 0 bridgehead atoms. The Morgan fingerprint density at radius 3 is 1.06 bits per heavy atom. The third-order valence-electron chi connectivity index (χ3n) is 14.5. The van der Waals surface area contributed by atoms with Crippen molar-refractivity contribution in [3.8, 4) is 85.2 Å². The van der Waals surface area contributed by atoms with Crippen LogP contribution in [0.2, 0.25) is 0 Å². The van der Waals surface area contributed by atoms with Crippen molar-refractivity contribution in [1.82, 2.24) is 9.13 Å². The normalized spacial score (nSPS) is 11.6. The Morgan fingerprint density at radius 1 is 0.338 bits per heavy atom. The highest BCUT2D eigenvalue weighted by molar-refractivity contribution is 6.14. The fourth-order valence-electron chi connectivity index (χ4n) is 10.9. The highest BCUT2D eigenvalue weighted by Gasteiger charge is 2.38. The Hall–Kier alpha value is -11.2. The average Bonchev–Trinajstić information content (AvgIpc) is 4.01. The van der Waals surface area contributed by atoms with E-state index in [-0.39, 0.29) is 28.6 Å². The lowest BCUT2D eigenvalue weighted by Gasteiger charge is -2.21. The van der Waals surface area contributed by atoms with E-state index in [2.05, 4.69) is 27.9 Å². The minimum Gasteiger partial charge on any atom is -0.309 e. The highest BCUT2D eigenvalue weighted by Crippen LogP contribution is 2.47. The maximum atomic E-state index is 15.0. The number of alkyl halides is 6. The summed E-state index contributed by atoms with van der Waals surface area (Å²) in [6, 6.07) is 61.2. The van der Waals surface area contributed by atoms with Gasteiger partial charge in [0.25, 0.3) is 0 Å².